The number of nitrogens with zero attached hydrogens (tertiary/aromatic N) is 1. The predicted molar refractivity (Wildman–Crippen MR) is 127 cm³/mol. The van der Waals surface area contributed by atoms with Crippen molar-refractivity contribution in [2.75, 3.05) is 39.0 Å². The summed E-state index contributed by atoms with van der Waals surface area (Å²) in [6, 6.07) is 4.21. The Bertz CT molecular complexity index is 662. The second-order valence-electron chi connectivity index (χ2n) is 6.92. The molecule has 0 radical (unpaired) electrons. The molecule has 1 aliphatic heterocycles. The van der Waals surface area contributed by atoms with Crippen LogP contribution in [0.25, 0.3) is 0 Å². The molecule has 1 aromatic heterocycles. The number of halogens is 1. The maximum Gasteiger partial charge on any atom is 0.213 e. The van der Waals surface area contributed by atoms with Crippen molar-refractivity contribution in [2.45, 2.75) is 38.7 Å². The SMILES string of the molecule is CN=C(NCCS(=O)(=O)NCC1CCCCO1)NCC(C)Cc1cccs1.I. The average Bonchev–Trinajstić information content (AvgIpc) is 3.16. The largest absolute Gasteiger partial charge is 0.377 e. The van der Waals surface area contributed by atoms with E-state index >= 15 is 0 Å². The minimum Gasteiger partial charge on any atom is -0.377 e. The van der Waals surface area contributed by atoms with Gasteiger partial charge in [-0.15, -0.1) is 35.3 Å². The Balaban J connectivity index is 0.00000392. The van der Waals surface area contributed by atoms with Gasteiger partial charge in [0.05, 0.1) is 11.9 Å². The zero-order valence-corrected chi connectivity index (χ0v) is 20.6. The van der Waals surface area contributed by atoms with Gasteiger partial charge in [-0.05, 0) is 43.0 Å². The van der Waals surface area contributed by atoms with Crippen molar-refractivity contribution < 1.29 is 13.2 Å². The molecule has 0 spiro atoms. The summed E-state index contributed by atoms with van der Waals surface area (Å²) in [7, 11) is -1.64. The number of thiophene rings is 1. The van der Waals surface area contributed by atoms with E-state index in [9.17, 15) is 8.42 Å². The van der Waals surface area contributed by atoms with Gasteiger partial charge >= 0.3 is 0 Å². The molecule has 0 aliphatic carbocycles. The second-order valence-corrected chi connectivity index (χ2v) is 9.88. The number of nitrogens with one attached hydrogen (secondary N) is 3. The van der Waals surface area contributed by atoms with Crippen molar-refractivity contribution >= 4 is 51.3 Å². The summed E-state index contributed by atoms with van der Waals surface area (Å²) in [5, 5.41) is 8.42. The molecule has 3 N–H and O–H groups in total. The Kier molecular flexibility index (Phi) is 12.6. The summed E-state index contributed by atoms with van der Waals surface area (Å²) in [6.07, 6.45) is 4.09. The van der Waals surface area contributed by atoms with E-state index in [0.717, 1.165) is 38.8 Å². The molecule has 162 valence electrons. The Labute approximate surface area is 190 Å². The fourth-order valence-corrected chi connectivity index (χ4v) is 4.72. The van der Waals surface area contributed by atoms with Crippen LogP contribution in [0.5, 0.6) is 0 Å². The van der Waals surface area contributed by atoms with Crippen molar-refractivity contribution in [3.05, 3.63) is 22.4 Å². The highest BCUT2D eigenvalue weighted by Crippen LogP contribution is 2.14. The number of sulfonamides is 1. The third-order valence-electron chi connectivity index (χ3n) is 4.44. The number of aliphatic imine (C=N–C) groups is 1. The van der Waals surface area contributed by atoms with Gasteiger partial charge < -0.3 is 15.4 Å². The van der Waals surface area contributed by atoms with Gasteiger partial charge in [0.25, 0.3) is 0 Å². The van der Waals surface area contributed by atoms with E-state index < -0.39 is 10.0 Å². The Morgan fingerprint density at radius 1 is 1.39 bits per heavy atom. The van der Waals surface area contributed by atoms with Crippen molar-refractivity contribution in [3.63, 3.8) is 0 Å². The monoisotopic (exact) mass is 544 g/mol. The van der Waals surface area contributed by atoms with Gasteiger partial charge in [-0.25, -0.2) is 13.1 Å². The zero-order valence-electron chi connectivity index (χ0n) is 16.6. The minimum absolute atomic E-state index is 0. The molecule has 0 bridgehead atoms. The number of guanidine groups is 1. The lowest BCUT2D eigenvalue weighted by atomic mass is 10.1. The second kappa shape index (κ2) is 13.7. The van der Waals surface area contributed by atoms with Crippen LogP contribution < -0.4 is 15.4 Å². The summed E-state index contributed by atoms with van der Waals surface area (Å²) in [4.78, 5) is 5.52. The van der Waals surface area contributed by atoms with Crippen molar-refractivity contribution in [2.24, 2.45) is 10.9 Å². The highest BCUT2D eigenvalue weighted by Gasteiger charge is 2.17. The van der Waals surface area contributed by atoms with E-state index in [0.29, 0.717) is 25.0 Å². The van der Waals surface area contributed by atoms with E-state index in [-0.39, 0.29) is 35.8 Å². The highest BCUT2D eigenvalue weighted by molar-refractivity contribution is 14.0. The lowest BCUT2D eigenvalue weighted by Crippen LogP contribution is -2.43. The van der Waals surface area contributed by atoms with Crippen molar-refractivity contribution in [1.82, 2.24) is 15.4 Å². The minimum atomic E-state index is -3.32. The molecular formula is C18H33IN4O3S2. The lowest BCUT2D eigenvalue weighted by Gasteiger charge is -2.22. The third kappa shape index (κ3) is 10.4. The fourth-order valence-electron chi connectivity index (χ4n) is 2.90. The summed E-state index contributed by atoms with van der Waals surface area (Å²) in [5.41, 5.74) is 0. The van der Waals surface area contributed by atoms with Gasteiger partial charge in [0.1, 0.15) is 0 Å². The van der Waals surface area contributed by atoms with Crippen LogP contribution in [0.4, 0.5) is 0 Å². The first-order chi connectivity index (χ1) is 13.0. The van der Waals surface area contributed by atoms with Crippen LogP contribution in [-0.4, -0.2) is 59.5 Å². The Hall–Kier alpha value is -0.430. The van der Waals surface area contributed by atoms with E-state index in [2.05, 4.69) is 44.8 Å². The van der Waals surface area contributed by atoms with E-state index in [1.807, 2.05) is 0 Å². The molecule has 0 amide bonds. The van der Waals surface area contributed by atoms with Crippen LogP contribution >= 0.6 is 35.3 Å². The highest BCUT2D eigenvalue weighted by atomic mass is 127. The molecule has 1 aromatic rings. The Morgan fingerprint density at radius 3 is 2.86 bits per heavy atom. The topological polar surface area (TPSA) is 91.8 Å². The molecule has 10 heteroatoms. The number of ether oxygens (including phenoxy) is 1. The number of hydrogen-bond donors (Lipinski definition) is 3. The van der Waals surface area contributed by atoms with E-state index in [1.54, 1.807) is 18.4 Å². The molecule has 7 nitrogen and oxygen atoms in total. The van der Waals surface area contributed by atoms with Gasteiger partial charge in [0, 0.05) is 38.2 Å². The van der Waals surface area contributed by atoms with Crippen LogP contribution in [0.2, 0.25) is 0 Å². The quantitative estimate of drug-likeness (QED) is 0.239. The predicted octanol–water partition coefficient (Wildman–Crippen LogP) is 2.20. The number of rotatable bonds is 10. The van der Waals surface area contributed by atoms with Gasteiger partial charge in [0.2, 0.25) is 10.0 Å². The molecule has 1 fully saturated rings. The molecule has 2 unspecified atom stereocenters. The molecule has 2 rings (SSSR count). The van der Waals surface area contributed by atoms with Crippen LogP contribution in [0, 0.1) is 5.92 Å². The van der Waals surface area contributed by atoms with Gasteiger partial charge in [-0.1, -0.05) is 13.0 Å². The summed E-state index contributed by atoms with van der Waals surface area (Å²) in [6.45, 7) is 4.35. The first kappa shape index (κ1) is 25.6. The molecule has 1 saturated heterocycles. The van der Waals surface area contributed by atoms with Gasteiger partial charge in [0.15, 0.2) is 5.96 Å². The maximum absolute atomic E-state index is 12.1. The maximum atomic E-state index is 12.1. The summed E-state index contributed by atoms with van der Waals surface area (Å²) in [5.74, 6) is 1.09. The fraction of sp³-hybridized carbons (Fsp3) is 0.722. The number of hydrogen-bond acceptors (Lipinski definition) is 5. The first-order valence-electron chi connectivity index (χ1n) is 9.54. The van der Waals surface area contributed by atoms with Crippen LogP contribution in [0.1, 0.15) is 31.1 Å². The average molecular weight is 545 g/mol. The van der Waals surface area contributed by atoms with E-state index in [4.69, 9.17) is 4.74 Å². The Morgan fingerprint density at radius 2 is 2.21 bits per heavy atom. The summed E-state index contributed by atoms with van der Waals surface area (Å²) >= 11 is 1.77. The van der Waals surface area contributed by atoms with Crippen molar-refractivity contribution in [3.8, 4) is 0 Å². The lowest BCUT2D eigenvalue weighted by molar-refractivity contribution is 0.0200. The van der Waals surface area contributed by atoms with Crippen LogP contribution in [0.3, 0.4) is 0 Å². The van der Waals surface area contributed by atoms with Crippen molar-refractivity contribution in [1.29, 1.82) is 0 Å². The van der Waals surface area contributed by atoms with Gasteiger partial charge in [-0.2, -0.15) is 0 Å². The van der Waals surface area contributed by atoms with Crippen LogP contribution in [-0.2, 0) is 21.2 Å². The molecule has 1 aliphatic rings. The molecule has 2 atom stereocenters. The van der Waals surface area contributed by atoms with Crippen LogP contribution in [0.15, 0.2) is 22.5 Å². The molecule has 0 saturated carbocycles. The first-order valence-corrected chi connectivity index (χ1v) is 12.1. The van der Waals surface area contributed by atoms with E-state index in [1.165, 1.54) is 4.88 Å². The molecular weight excluding hydrogens is 511 g/mol. The van der Waals surface area contributed by atoms with Gasteiger partial charge in [-0.3, -0.25) is 4.99 Å². The smallest absolute Gasteiger partial charge is 0.213 e. The zero-order chi connectivity index (χ0) is 19.5. The normalized spacial score (nSPS) is 18.9. The summed E-state index contributed by atoms with van der Waals surface area (Å²) < 4.78 is 32.4. The third-order valence-corrected chi connectivity index (χ3v) is 6.69. The molecule has 28 heavy (non-hydrogen) atoms. The standard InChI is InChI=1S/C18H32N4O3S2.HI/c1-15(12-17-7-5-10-26-17)13-21-18(19-2)20-8-11-27(23,24)22-14-16-6-3-4-9-25-16;/h5,7,10,15-16,22H,3-4,6,8-9,11-14H2,1-2H3,(H2,19,20,21);1H. The molecule has 2 heterocycles. The molecule has 0 aromatic carbocycles.